The van der Waals surface area contributed by atoms with Crippen molar-refractivity contribution in [3.63, 3.8) is 0 Å². The third-order valence-electron chi connectivity index (χ3n) is 4.03. The van der Waals surface area contributed by atoms with E-state index in [0.29, 0.717) is 12.0 Å². The number of carbonyl (C=O) groups is 1. The van der Waals surface area contributed by atoms with Gasteiger partial charge in [0.2, 0.25) is 0 Å². The predicted molar refractivity (Wildman–Crippen MR) is 85.1 cm³/mol. The molecule has 1 aromatic rings. The van der Waals surface area contributed by atoms with Gasteiger partial charge in [-0.15, -0.1) is 0 Å². The van der Waals surface area contributed by atoms with Crippen LogP contribution in [0.4, 0.5) is 4.79 Å². The SMILES string of the molecule is COc1ccc(/C=C/NC(=O)NC2CCCCC2C)cc1. The molecular formula is C17H24N2O2. The Labute approximate surface area is 126 Å². The van der Waals surface area contributed by atoms with Crippen molar-refractivity contribution < 1.29 is 9.53 Å². The van der Waals surface area contributed by atoms with E-state index >= 15 is 0 Å². The van der Waals surface area contributed by atoms with Crippen molar-refractivity contribution in [2.45, 2.75) is 38.6 Å². The highest BCUT2D eigenvalue weighted by atomic mass is 16.5. The van der Waals surface area contributed by atoms with Crippen molar-refractivity contribution >= 4 is 12.1 Å². The minimum Gasteiger partial charge on any atom is -0.497 e. The fourth-order valence-corrected chi connectivity index (χ4v) is 2.67. The van der Waals surface area contributed by atoms with E-state index < -0.39 is 0 Å². The van der Waals surface area contributed by atoms with Crippen LogP contribution in [0.25, 0.3) is 6.08 Å². The summed E-state index contributed by atoms with van der Waals surface area (Å²) in [4.78, 5) is 11.9. The van der Waals surface area contributed by atoms with Gasteiger partial charge < -0.3 is 15.4 Å². The Morgan fingerprint density at radius 1 is 1.24 bits per heavy atom. The van der Waals surface area contributed by atoms with Gasteiger partial charge in [0.15, 0.2) is 0 Å². The monoisotopic (exact) mass is 288 g/mol. The molecule has 4 nitrogen and oxygen atoms in total. The van der Waals surface area contributed by atoms with Crippen LogP contribution in [0.15, 0.2) is 30.5 Å². The molecule has 1 aromatic carbocycles. The Bertz CT molecular complexity index is 482. The van der Waals surface area contributed by atoms with E-state index in [1.807, 2.05) is 30.3 Å². The zero-order valence-corrected chi connectivity index (χ0v) is 12.8. The Kier molecular flexibility index (Phi) is 5.67. The lowest BCUT2D eigenvalue weighted by atomic mass is 9.86. The number of carbonyl (C=O) groups excluding carboxylic acids is 1. The number of nitrogens with one attached hydrogen (secondary N) is 2. The lowest BCUT2D eigenvalue weighted by Gasteiger charge is -2.29. The maximum absolute atomic E-state index is 11.9. The quantitative estimate of drug-likeness (QED) is 0.890. The number of methoxy groups -OCH3 is 1. The third kappa shape index (κ3) is 4.81. The third-order valence-corrected chi connectivity index (χ3v) is 4.03. The maximum Gasteiger partial charge on any atom is 0.318 e. The predicted octanol–water partition coefficient (Wildman–Crippen LogP) is 3.54. The fraction of sp³-hybridized carbons (Fsp3) is 0.471. The molecule has 21 heavy (non-hydrogen) atoms. The number of amides is 2. The van der Waals surface area contributed by atoms with Gasteiger partial charge in [0.05, 0.1) is 7.11 Å². The Balaban J connectivity index is 1.78. The summed E-state index contributed by atoms with van der Waals surface area (Å²) in [7, 11) is 1.64. The summed E-state index contributed by atoms with van der Waals surface area (Å²) in [6.45, 7) is 2.21. The van der Waals surface area contributed by atoms with Crippen LogP contribution >= 0.6 is 0 Å². The molecule has 1 aliphatic rings. The lowest BCUT2D eigenvalue weighted by Crippen LogP contribution is -2.44. The largest absolute Gasteiger partial charge is 0.497 e. The van der Waals surface area contributed by atoms with E-state index in [4.69, 9.17) is 4.74 Å². The van der Waals surface area contributed by atoms with Gasteiger partial charge in [-0.25, -0.2) is 4.79 Å². The van der Waals surface area contributed by atoms with Gasteiger partial charge >= 0.3 is 6.03 Å². The fourth-order valence-electron chi connectivity index (χ4n) is 2.67. The lowest BCUT2D eigenvalue weighted by molar-refractivity contribution is 0.225. The van der Waals surface area contributed by atoms with E-state index in [9.17, 15) is 4.79 Å². The van der Waals surface area contributed by atoms with Gasteiger partial charge in [0.1, 0.15) is 5.75 Å². The molecule has 114 valence electrons. The van der Waals surface area contributed by atoms with Crippen molar-refractivity contribution in [2.24, 2.45) is 5.92 Å². The number of rotatable bonds is 4. The van der Waals surface area contributed by atoms with Crippen LogP contribution in [-0.2, 0) is 0 Å². The zero-order valence-electron chi connectivity index (χ0n) is 12.8. The second-order valence-electron chi connectivity index (χ2n) is 5.59. The van der Waals surface area contributed by atoms with Crippen molar-refractivity contribution in [2.75, 3.05) is 7.11 Å². The molecule has 2 amide bonds. The van der Waals surface area contributed by atoms with Crippen LogP contribution in [0.5, 0.6) is 5.75 Å². The van der Waals surface area contributed by atoms with Crippen molar-refractivity contribution in [1.29, 1.82) is 0 Å². The molecule has 0 radical (unpaired) electrons. The minimum atomic E-state index is -0.126. The summed E-state index contributed by atoms with van der Waals surface area (Å²) in [6.07, 6.45) is 8.30. The first-order chi connectivity index (χ1) is 10.2. The summed E-state index contributed by atoms with van der Waals surface area (Å²) < 4.78 is 5.10. The van der Waals surface area contributed by atoms with Crippen LogP contribution in [-0.4, -0.2) is 19.2 Å². The molecule has 1 aliphatic carbocycles. The second-order valence-corrected chi connectivity index (χ2v) is 5.59. The molecule has 2 atom stereocenters. The first-order valence-electron chi connectivity index (χ1n) is 7.56. The number of urea groups is 1. The molecule has 1 saturated carbocycles. The van der Waals surface area contributed by atoms with E-state index in [1.165, 1.54) is 19.3 Å². The average Bonchev–Trinajstić information content (AvgIpc) is 2.50. The normalized spacial score (nSPS) is 22.0. The number of hydrogen-bond donors (Lipinski definition) is 2. The van der Waals surface area contributed by atoms with E-state index in [-0.39, 0.29) is 6.03 Å². The van der Waals surface area contributed by atoms with Gasteiger partial charge in [0, 0.05) is 12.2 Å². The molecular weight excluding hydrogens is 264 g/mol. The molecule has 0 saturated heterocycles. The smallest absolute Gasteiger partial charge is 0.318 e. The van der Waals surface area contributed by atoms with E-state index in [2.05, 4.69) is 17.6 Å². The summed E-state index contributed by atoms with van der Waals surface area (Å²) in [6, 6.07) is 7.84. The van der Waals surface area contributed by atoms with E-state index in [1.54, 1.807) is 13.3 Å². The first kappa shape index (κ1) is 15.4. The number of hydrogen-bond acceptors (Lipinski definition) is 2. The standard InChI is InChI=1S/C17H24N2O2/c1-13-5-3-4-6-16(13)19-17(20)18-12-11-14-7-9-15(21-2)10-8-14/h7-13,16H,3-6H2,1-2H3,(H2,18,19,20)/b12-11+. The van der Waals surface area contributed by atoms with Crippen molar-refractivity contribution in [3.8, 4) is 5.75 Å². The van der Waals surface area contributed by atoms with Crippen LogP contribution in [0.2, 0.25) is 0 Å². The first-order valence-corrected chi connectivity index (χ1v) is 7.56. The van der Waals surface area contributed by atoms with Crippen LogP contribution in [0.3, 0.4) is 0 Å². The average molecular weight is 288 g/mol. The highest BCUT2D eigenvalue weighted by Crippen LogP contribution is 2.23. The van der Waals surface area contributed by atoms with Gasteiger partial charge in [-0.2, -0.15) is 0 Å². The molecule has 0 aromatic heterocycles. The molecule has 2 rings (SSSR count). The summed E-state index contributed by atoms with van der Waals surface area (Å²) in [5.41, 5.74) is 1.02. The minimum absolute atomic E-state index is 0.126. The van der Waals surface area contributed by atoms with Gasteiger partial charge in [0.25, 0.3) is 0 Å². The maximum atomic E-state index is 11.9. The van der Waals surface area contributed by atoms with Crippen LogP contribution in [0, 0.1) is 5.92 Å². The van der Waals surface area contributed by atoms with E-state index in [0.717, 1.165) is 17.7 Å². The molecule has 2 unspecified atom stereocenters. The van der Waals surface area contributed by atoms with Crippen LogP contribution < -0.4 is 15.4 Å². The molecule has 4 heteroatoms. The Morgan fingerprint density at radius 3 is 2.62 bits per heavy atom. The number of benzene rings is 1. The molecule has 0 aliphatic heterocycles. The Morgan fingerprint density at radius 2 is 1.95 bits per heavy atom. The summed E-state index contributed by atoms with van der Waals surface area (Å²) >= 11 is 0. The van der Waals surface area contributed by atoms with Crippen LogP contribution in [0.1, 0.15) is 38.2 Å². The van der Waals surface area contributed by atoms with Gasteiger partial charge in [-0.05, 0) is 42.5 Å². The van der Waals surface area contributed by atoms with Crippen molar-refractivity contribution in [1.82, 2.24) is 10.6 Å². The highest BCUT2D eigenvalue weighted by Gasteiger charge is 2.22. The zero-order chi connectivity index (χ0) is 15.1. The summed E-state index contributed by atoms with van der Waals surface area (Å²) in [5, 5.41) is 5.82. The molecule has 0 spiro atoms. The van der Waals surface area contributed by atoms with Crippen molar-refractivity contribution in [3.05, 3.63) is 36.0 Å². The second kappa shape index (κ2) is 7.72. The molecule has 0 bridgehead atoms. The molecule has 2 N–H and O–H groups in total. The Hall–Kier alpha value is -1.97. The van der Waals surface area contributed by atoms with Gasteiger partial charge in [-0.3, -0.25) is 0 Å². The molecule has 1 fully saturated rings. The van der Waals surface area contributed by atoms with Gasteiger partial charge in [-0.1, -0.05) is 31.9 Å². The topological polar surface area (TPSA) is 50.4 Å². The highest BCUT2D eigenvalue weighted by molar-refractivity contribution is 5.76. The summed E-state index contributed by atoms with van der Waals surface area (Å²) in [5.74, 6) is 1.39. The number of ether oxygens (including phenoxy) is 1. The molecule has 0 heterocycles.